The summed E-state index contributed by atoms with van der Waals surface area (Å²) in [7, 11) is 2.22. The minimum atomic E-state index is 0.271. The van der Waals surface area contributed by atoms with Gasteiger partial charge in [0, 0.05) is 36.1 Å². The standard InChI is InChI=1S/C19H29N3O/c1-13-12-16(14(2)22(13)15-8-9-15)19(23)21-11-5-7-18(21)17-6-4-10-20(17)3/h12,15,17-18H,4-11H2,1-3H3/t17-,18+/m0/s1. The van der Waals surface area contributed by atoms with Crippen molar-refractivity contribution < 1.29 is 4.79 Å². The minimum Gasteiger partial charge on any atom is -0.345 e. The van der Waals surface area contributed by atoms with E-state index in [1.807, 2.05) is 0 Å². The lowest BCUT2D eigenvalue weighted by atomic mass is 10.0. The van der Waals surface area contributed by atoms with Crippen LogP contribution in [0.25, 0.3) is 0 Å². The molecule has 2 atom stereocenters. The number of nitrogens with zero attached hydrogens (tertiary/aromatic N) is 3. The molecule has 0 bridgehead atoms. The zero-order chi connectivity index (χ0) is 16.1. The Morgan fingerprint density at radius 2 is 1.74 bits per heavy atom. The molecule has 1 aliphatic carbocycles. The Kier molecular flexibility index (Phi) is 3.75. The summed E-state index contributed by atoms with van der Waals surface area (Å²) in [6.07, 6.45) is 7.37. The number of carbonyl (C=O) groups is 1. The molecule has 0 N–H and O–H groups in total. The maximum Gasteiger partial charge on any atom is 0.255 e. The summed E-state index contributed by atoms with van der Waals surface area (Å²) in [5.41, 5.74) is 3.38. The van der Waals surface area contributed by atoms with E-state index in [9.17, 15) is 4.79 Å². The van der Waals surface area contributed by atoms with Gasteiger partial charge in [-0.25, -0.2) is 0 Å². The van der Waals surface area contributed by atoms with Crippen LogP contribution in [-0.2, 0) is 0 Å². The summed E-state index contributed by atoms with van der Waals surface area (Å²) in [5.74, 6) is 0.271. The Bertz CT molecular complexity index is 616. The van der Waals surface area contributed by atoms with Crippen molar-refractivity contribution in [3.05, 3.63) is 23.0 Å². The van der Waals surface area contributed by atoms with Crippen molar-refractivity contribution in [2.75, 3.05) is 20.1 Å². The van der Waals surface area contributed by atoms with Crippen LogP contribution in [0.1, 0.15) is 66.3 Å². The van der Waals surface area contributed by atoms with Crippen molar-refractivity contribution in [2.24, 2.45) is 0 Å². The predicted octanol–water partition coefficient (Wildman–Crippen LogP) is 3.14. The Balaban J connectivity index is 1.59. The quantitative estimate of drug-likeness (QED) is 0.857. The normalized spacial score (nSPS) is 28.7. The molecule has 1 aromatic heterocycles. The SMILES string of the molecule is Cc1cc(C(=O)N2CCC[C@@H]2[C@@H]2CCCN2C)c(C)n1C1CC1. The fraction of sp³-hybridized carbons (Fsp3) is 0.737. The highest BCUT2D eigenvalue weighted by Gasteiger charge is 2.39. The van der Waals surface area contributed by atoms with E-state index in [4.69, 9.17) is 0 Å². The molecule has 3 aliphatic rings. The van der Waals surface area contributed by atoms with E-state index in [2.05, 4.69) is 41.3 Å². The van der Waals surface area contributed by atoms with Gasteiger partial charge in [0.2, 0.25) is 0 Å². The largest absolute Gasteiger partial charge is 0.345 e. The molecule has 3 fully saturated rings. The van der Waals surface area contributed by atoms with Crippen molar-refractivity contribution >= 4 is 5.91 Å². The van der Waals surface area contributed by atoms with Gasteiger partial charge in [-0.3, -0.25) is 4.79 Å². The number of hydrogen-bond donors (Lipinski definition) is 0. The third-order valence-electron chi connectivity index (χ3n) is 6.21. The average Bonchev–Trinajstić information content (AvgIpc) is 2.95. The van der Waals surface area contributed by atoms with Crippen LogP contribution >= 0.6 is 0 Å². The van der Waals surface area contributed by atoms with Crippen LogP contribution in [0, 0.1) is 13.8 Å². The molecular formula is C19H29N3O. The number of amides is 1. The van der Waals surface area contributed by atoms with Gasteiger partial charge in [-0.1, -0.05) is 0 Å². The first-order valence-electron chi connectivity index (χ1n) is 9.27. The molecule has 0 radical (unpaired) electrons. The van der Waals surface area contributed by atoms with Gasteiger partial charge in [-0.15, -0.1) is 0 Å². The third-order valence-corrected chi connectivity index (χ3v) is 6.21. The van der Waals surface area contributed by atoms with Crippen LogP contribution in [0.5, 0.6) is 0 Å². The molecule has 1 saturated carbocycles. The second kappa shape index (κ2) is 5.66. The van der Waals surface area contributed by atoms with Gasteiger partial charge < -0.3 is 14.4 Å². The Morgan fingerprint density at radius 1 is 1.04 bits per heavy atom. The maximum atomic E-state index is 13.2. The van der Waals surface area contributed by atoms with E-state index in [0.717, 1.165) is 18.5 Å². The third kappa shape index (κ3) is 2.51. The number of aryl methyl sites for hydroxylation is 1. The molecule has 0 aromatic carbocycles. The molecular weight excluding hydrogens is 286 g/mol. The molecule has 2 saturated heterocycles. The van der Waals surface area contributed by atoms with Crippen LogP contribution in [0.15, 0.2) is 6.07 Å². The lowest BCUT2D eigenvalue weighted by molar-refractivity contribution is 0.0663. The fourth-order valence-electron chi connectivity index (χ4n) is 4.91. The number of likely N-dealkylation sites (tertiary alicyclic amines) is 2. The molecule has 0 spiro atoms. The second-order valence-electron chi connectivity index (χ2n) is 7.78. The van der Waals surface area contributed by atoms with Crippen LogP contribution < -0.4 is 0 Å². The van der Waals surface area contributed by atoms with Crippen LogP contribution in [-0.4, -0.2) is 52.5 Å². The topological polar surface area (TPSA) is 28.5 Å². The van der Waals surface area contributed by atoms with Crippen molar-refractivity contribution in [3.63, 3.8) is 0 Å². The average molecular weight is 315 g/mol. The molecule has 1 aromatic rings. The van der Waals surface area contributed by atoms with Crippen LogP contribution in [0.3, 0.4) is 0 Å². The maximum absolute atomic E-state index is 13.2. The predicted molar refractivity (Wildman–Crippen MR) is 91.9 cm³/mol. The fourth-order valence-corrected chi connectivity index (χ4v) is 4.91. The van der Waals surface area contributed by atoms with Gasteiger partial charge >= 0.3 is 0 Å². The monoisotopic (exact) mass is 315 g/mol. The van der Waals surface area contributed by atoms with E-state index >= 15 is 0 Å². The van der Waals surface area contributed by atoms with Gasteiger partial charge in [-0.05, 0) is 72.0 Å². The second-order valence-corrected chi connectivity index (χ2v) is 7.78. The van der Waals surface area contributed by atoms with Crippen molar-refractivity contribution in [1.82, 2.24) is 14.4 Å². The van der Waals surface area contributed by atoms with Crippen molar-refractivity contribution in [2.45, 2.75) is 70.5 Å². The summed E-state index contributed by atoms with van der Waals surface area (Å²) in [6, 6.07) is 3.75. The minimum absolute atomic E-state index is 0.271. The van der Waals surface area contributed by atoms with Crippen molar-refractivity contribution in [3.8, 4) is 0 Å². The smallest absolute Gasteiger partial charge is 0.255 e. The van der Waals surface area contributed by atoms with Gasteiger partial charge in [0.25, 0.3) is 5.91 Å². The lowest BCUT2D eigenvalue weighted by Gasteiger charge is -2.33. The molecule has 4 nitrogen and oxygen atoms in total. The first-order valence-corrected chi connectivity index (χ1v) is 9.27. The van der Waals surface area contributed by atoms with E-state index in [1.165, 1.54) is 50.0 Å². The number of aromatic nitrogens is 1. The first kappa shape index (κ1) is 15.3. The summed E-state index contributed by atoms with van der Waals surface area (Å²) < 4.78 is 2.39. The molecule has 4 rings (SSSR count). The van der Waals surface area contributed by atoms with E-state index in [0.29, 0.717) is 18.1 Å². The number of hydrogen-bond acceptors (Lipinski definition) is 2. The number of likely N-dealkylation sites (N-methyl/N-ethyl adjacent to an activating group) is 1. The summed E-state index contributed by atoms with van der Waals surface area (Å²) in [6.45, 7) is 6.39. The zero-order valence-electron chi connectivity index (χ0n) is 14.7. The van der Waals surface area contributed by atoms with E-state index in [-0.39, 0.29) is 5.91 Å². The van der Waals surface area contributed by atoms with Gasteiger partial charge in [0.1, 0.15) is 0 Å². The van der Waals surface area contributed by atoms with Crippen LogP contribution in [0.4, 0.5) is 0 Å². The first-order chi connectivity index (χ1) is 11.1. The Morgan fingerprint density at radius 3 is 2.39 bits per heavy atom. The Labute approximate surface area is 139 Å². The van der Waals surface area contributed by atoms with Crippen molar-refractivity contribution in [1.29, 1.82) is 0 Å². The van der Waals surface area contributed by atoms with Gasteiger partial charge in [-0.2, -0.15) is 0 Å². The van der Waals surface area contributed by atoms with Gasteiger partial charge in [0.15, 0.2) is 0 Å². The molecule has 2 aliphatic heterocycles. The number of rotatable bonds is 3. The molecule has 4 heteroatoms. The lowest BCUT2D eigenvalue weighted by Crippen LogP contribution is -2.47. The van der Waals surface area contributed by atoms with E-state index in [1.54, 1.807) is 0 Å². The summed E-state index contributed by atoms with van der Waals surface area (Å²) >= 11 is 0. The molecule has 3 heterocycles. The van der Waals surface area contributed by atoms with Crippen LogP contribution in [0.2, 0.25) is 0 Å². The molecule has 23 heavy (non-hydrogen) atoms. The molecule has 1 amide bonds. The molecule has 126 valence electrons. The van der Waals surface area contributed by atoms with Gasteiger partial charge in [0.05, 0.1) is 5.56 Å². The highest BCUT2D eigenvalue weighted by molar-refractivity contribution is 5.96. The highest BCUT2D eigenvalue weighted by Crippen LogP contribution is 2.39. The Hall–Kier alpha value is -1.29. The number of carbonyl (C=O) groups excluding carboxylic acids is 1. The highest BCUT2D eigenvalue weighted by atomic mass is 16.2. The summed E-state index contributed by atoms with van der Waals surface area (Å²) in [5, 5.41) is 0. The summed E-state index contributed by atoms with van der Waals surface area (Å²) in [4.78, 5) is 17.9. The zero-order valence-corrected chi connectivity index (χ0v) is 14.7. The van der Waals surface area contributed by atoms with E-state index < -0.39 is 0 Å². The molecule has 0 unspecified atom stereocenters.